The van der Waals surface area contributed by atoms with Gasteiger partial charge in [-0.2, -0.15) is 0 Å². The standard InChI is InChI=1S/C23H39N3O3.HI/c1-6-24-22(25-11-7-12-27-16-19-10-13-28-17-19)26-15-20-9-8-18(2)14-21(20)29-23(3,4)5;/h8-9,14,19H,6-7,10-13,15-17H2,1-5H3,(H2,24,25,26);1H. The van der Waals surface area contributed by atoms with Crippen LogP contribution in [0.15, 0.2) is 23.2 Å². The van der Waals surface area contributed by atoms with E-state index in [1.165, 1.54) is 5.56 Å². The fourth-order valence-corrected chi connectivity index (χ4v) is 3.07. The Morgan fingerprint density at radius 1 is 1.27 bits per heavy atom. The Bertz CT molecular complexity index is 641. The van der Waals surface area contributed by atoms with Crippen molar-refractivity contribution >= 4 is 29.9 Å². The van der Waals surface area contributed by atoms with E-state index >= 15 is 0 Å². The Hall–Kier alpha value is -1.06. The summed E-state index contributed by atoms with van der Waals surface area (Å²) >= 11 is 0. The predicted octanol–water partition coefficient (Wildman–Crippen LogP) is 4.29. The number of hydrogen-bond donors (Lipinski definition) is 2. The van der Waals surface area contributed by atoms with Crippen LogP contribution in [0.25, 0.3) is 0 Å². The van der Waals surface area contributed by atoms with Crippen LogP contribution in [0.3, 0.4) is 0 Å². The van der Waals surface area contributed by atoms with Crippen molar-refractivity contribution in [2.24, 2.45) is 10.9 Å². The van der Waals surface area contributed by atoms with Gasteiger partial charge in [0.15, 0.2) is 5.96 Å². The minimum absolute atomic E-state index is 0. The highest BCUT2D eigenvalue weighted by Gasteiger charge is 2.16. The van der Waals surface area contributed by atoms with E-state index in [1.54, 1.807) is 0 Å². The summed E-state index contributed by atoms with van der Waals surface area (Å²) in [6.07, 6.45) is 2.07. The topological polar surface area (TPSA) is 64.1 Å². The van der Waals surface area contributed by atoms with Crippen LogP contribution in [0.2, 0.25) is 0 Å². The van der Waals surface area contributed by atoms with Crippen LogP contribution in [0, 0.1) is 12.8 Å². The largest absolute Gasteiger partial charge is 0.488 e. The van der Waals surface area contributed by atoms with Crippen LogP contribution in [-0.2, 0) is 16.0 Å². The molecule has 0 saturated carbocycles. The first kappa shape index (κ1) is 27.0. The second kappa shape index (κ2) is 14.1. The molecule has 1 aromatic carbocycles. The summed E-state index contributed by atoms with van der Waals surface area (Å²) in [5.41, 5.74) is 2.04. The van der Waals surface area contributed by atoms with Crippen molar-refractivity contribution in [3.8, 4) is 5.75 Å². The molecule has 2 N–H and O–H groups in total. The number of aryl methyl sites for hydroxylation is 1. The number of aliphatic imine (C=N–C) groups is 1. The fraction of sp³-hybridized carbons (Fsp3) is 0.696. The second-order valence-electron chi connectivity index (χ2n) is 8.61. The molecule has 0 radical (unpaired) electrons. The van der Waals surface area contributed by atoms with Crippen molar-refractivity contribution in [1.82, 2.24) is 10.6 Å². The Morgan fingerprint density at radius 3 is 2.73 bits per heavy atom. The average Bonchev–Trinajstić information content (AvgIpc) is 3.15. The van der Waals surface area contributed by atoms with Gasteiger partial charge in [-0.05, 0) is 59.1 Å². The first-order valence-electron chi connectivity index (χ1n) is 10.8. The van der Waals surface area contributed by atoms with E-state index in [-0.39, 0.29) is 29.6 Å². The molecule has 30 heavy (non-hydrogen) atoms. The number of rotatable bonds is 10. The Morgan fingerprint density at radius 2 is 2.07 bits per heavy atom. The van der Waals surface area contributed by atoms with Gasteiger partial charge in [-0.15, -0.1) is 24.0 Å². The SMILES string of the molecule is CCNC(=NCc1ccc(C)cc1OC(C)(C)C)NCCCOCC1CCOC1.I. The summed E-state index contributed by atoms with van der Waals surface area (Å²) in [6, 6.07) is 6.29. The van der Waals surface area contributed by atoms with E-state index < -0.39 is 0 Å². The van der Waals surface area contributed by atoms with E-state index in [0.29, 0.717) is 12.5 Å². The quantitative estimate of drug-likeness (QED) is 0.203. The normalized spacial score (nSPS) is 16.8. The minimum atomic E-state index is -0.236. The Labute approximate surface area is 199 Å². The van der Waals surface area contributed by atoms with Crippen molar-refractivity contribution in [3.05, 3.63) is 29.3 Å². The van der Waals surface area contributed by atoms with E-state index in [2.05, 4.69) is 63.5 Å². The smallest absolute Gasteiger partial charge is 0.191 e. The lowest BCUT2D eigenvalue weighted by molar-refractivity contribution is 0.0888. The molecule has 7 heteroatoms. The van der Waals surface area contributed by atoms with Crippen molar-refractivity contribution < 1.29 is 14.2 Å². The van der Waals surface area contributed by atoms with Crippen LogP contribution in [0.5, 0.6) is 5.75 Å². The summed E-state index contributed by atoms with van der Waals surface area (Å²) < 4.78 is 17.3. The van der Waals surface area contributed by atoms with E-state index in [4.69, 9.17) is 19.2 Å². The average molecular weight is 533 g/mol. The molecule has 0 aliphatic carbocycles. The predicted molar refractivity (Wildman–Crippen MR) is 134 cm³/mol. The zero-order valence-electron chi connectivity index (χ0n) is 19.3. The molecule has 0 amide bonds. The molecule has 6 nitrogen and oxygen atoms in total. The van der Waals surface area contributed by atoms with E-state index in [1.807, 2.05) is 0 Å². The van der Waals surface area contributed by atoms with Gasteiger partial charge in [-0.25, -0.2) is 4.99 Å². The lowest BCUT2D eigenvalue weighted by Gasteiger charge is -2.23. The summed E-state index contributed by atoms with van der Waals surface area (Å²) in [5, 5.41) is 6.70. The first-order valence-corrected chi connectivity index (χ1v) is 10.8. The third-order valence-corrected chi connectivity index (χ3v) is 4.53. The minimum Gasteiger partial charge on any atom is -0.488 e. The molecule has 1 fully saturated rings. The van der Waals surface area contributed by atoms with Gasteiger partial charge >= 0.3 is 0 Å². The maximum atomic E-state index is 6.14. The van der Waals surface area contributed by atoms with E-state index in [0.717, 1.165) is 69.6 Å². The van der Waals surface area contributed by atoms with Crippen molar-refractivity contribution in [2.75, 3.05) is 39.5 Å². The Balaban J connectivity index is 0.00000450. The molecule has 172 valence electrons. The van der Waals surface area contributed by atoms with Crippen molar-refractivity contribution in [1.29, 1.82) is 0 Å². The molecule has 1 aliphatic rings. The summed E-state index contributed by atoms with van der Waals surface area (Å²) in [5.74, 6) is 2.29. The number of hydrogen-bond acceptors (Lipinski definition) is 4. The summed E-state index contributed by atoms with van der Waals surface area (Å²) in [4.78, 5) is 4.74. The number of nitrogens with zero attached hydrogens (tertiary/aromatic N) is 1. The molecular weight excluding hydrogens is 493 g/mol. The maximum absolute atomic E-state index is 6.14. The van der Waals surface area contributed by atoms with Crippen LogP contribution < -0.4 is 15.4 Å². The van der Waals surface area contributed by atoms with Gasteiger partial charge < -0.3 is 24.8 Å². The number of guanidine groups is 1. The molecule has 1 saturated heterocycles. The zero-order chi connectivity index (χ0) is 21.1. The van der Waals surface area contributed by atoms with Crippen molar-refractivity contribution in [2.45, 2.75) is 59.6 Å². The summed E-state index contributed by atoms with van der Waals surface area (Å²) in [6.45, 7) is 15.8. The molecule has 2 rings (SSSR count). The third kappa shape index (κ3) is 10.8. The van der Waals surface area contributed by atoms with Gasteiger partial charge in [0.25, 0.3) is 0 Å². The zero-order valence-corrected chi connectivity index (χ0v) is 21.6. The van der Waals surface area contributed by atoms with Gasteiger partial charge in [0.2, 0.25) is 0 Å². The maximum Gasteiger partial charge on any atom is 0.191 e. The van der Waals surface area contributed by atoms with Crippen LogP contribution >= 0.6 is 24.0 Å². The monoisotopic (exact) mass is 533 g/mol. The van der Waals surface area contributed by atoms with Crippen LogP contribution in [0.1, 0.15) is 51.7 Å². The van der Waals surface area contributed by atoms with Gasteiger partial charge in [0.05, 0.1) is 19.8 Å². The molecule has 1 aliphatic heterocycles. The van der Waals surface area contributed by atoms with Gasteiger partial charge in [-0.1, -0.05) is 12.1 Å². The van der Waals surface area contributed by atoms with E-state index in [9.17, 15) is 0 Å². The summed E-state index contributed by atoms with van der Waals surface area (Å²) in [7, 11) is 0. The lowest BCUT2D eigenvalue weighted by Crippen LogP contribution is -2.38. The lowest BCUT2D eigenvalue weighted by atomic mass is 10.1. The number of benzene rings is 1. The molecule has 1 heterocycles. The first-order chi connectivity index (χ1) is 13.9. The highest BCUT2D eigenvalue weighted by atomic mass is 127. The Kier molecular flexibility index (Phi) is 12.7. The van der Waals surface area contributed by atoms with Gasteiger partial charge in [0.1, 0.15) is 11.4 Å². The molecule has 0 bridgehead atoms. The van der Waals surface area contributed by atoms with Gasteiger partial charge in [-0.3, -0.25) is 0 Å². The fourth-order valence-electron chi connectivity index (χ4n) is 3.07. The molecule has 0 aromatic heterocycles. The molecule has 1 aromatic rings. The number of halogens is 1. The highest BCUT2D eigenvalue weighted by molar-refractivity contribution is 14.0. The molecular formula is C23H40IN3O3. The third-order valence-electron chi connectivity index (χ3n) is 4.53. The molecule has 1 unspecified atom stereocenters. The van der Waals surface area contributed by atoms with Crippen LogP contribution in [0.4, 0.5) is 0 Å². The molecule has 1 atom stereocenters. The number of ether oxygens (including phenoxy) is 3. The van der Waals surface area contributed by atoms with Gasteiger partial charge in [0, 0.05) is 37.8 Å². The van der Waals surface area contributed by atoms with Crippen molar-refractivity contribution in [3.63, 3.8) is 0 Å². The number of nitrogens with one attached hydrogen (secondary N) is 2. The highest BCUT2D eigenvalue weighted by Crippen LogP contribution is 2.25. The van der Waals surface area contributed by atoms with Crippen LogP contribution in [-0.4, -0.2) is 51.1 Å². The molecule has 0 spiro atoms. The second-order valence-corrected chi connectivity index (χ2v) is 8.61.